The van der Waals surface area contributed by atoms with Crippen LogP contribution in [0, 0.1) is 5.92 Å². The van der Waals surface area contributed by atoms with E-state index in [-0.39, 0.29) is 0 Å². The van der Waals surface area contributed by atoms with E-state index < -0.39 is 0 Å². The minimum atomic E-state index is 0.517. The topological polar surface area (TPSA) is 24.9 Å². The quantitative estimate of drug-likeness (QED) is 0.780. The van der Waals surface area contributed by atoms with Gasteiger partial charge in [0.05, 0.1) is 0 Å². The maximum atomic E-state index is 4.50. The number of pyridine rings is 1. The Bertz CT molecular complexity index is 319. The number of nitrogens with zero attached hydrogens (tertiary/aromatic N) is 1. The first-order valence-corrected chi connectivity index (χ1v) is 6.95. The SMILES string of the molecule is CCCNC(CC1CC1)C(C)c1ccccn1. The fourth-order valence-electron chi connectivity index (χ4n) is 2.36. The third-order valence-corrected chi connectivity index (χ3v) is 3.70. The van der Waals surface area contributed by atoms with E-state index in [0.29, 0.717) is 12.0 Å². The van der Waals surface area contributed by atoms with Crippen molar-refractivity contribution in [2.75, 3.05) is 6.54 Å². The van der Waals surface area contributed by atoms with Crippen LogP contribution in [0.2, 0.25) is 0 Å². The molecule has 0 bridgehead atoms. The van der Waals surface area contributed by atoms with Gasteiger partial charge in [-0.15, -0.1) is 0 Å². The summed E-state index contributed by atoms with van der Waals surface area (Å²) in [4.78, 5) is 4.50. The van der Waals surface area contributed by atoms with Crippen molar-refractivity contribution in [2.24, 2.45) is 5.92 Å². The van der Waals surface area contributed by atoms with Gasteiger partial charge in [-0.3, -0.25) is 4.98 Å². The lowest BCUT2D eigenvalue weighted by Gasteiger charge is -2.25. The van der Waals surface area contributed by atoms with E-state index in [2.05, 4.69) is 36.3 Å². The lowest BCUT2D eigenvalue weighted by molar-refractivity contribution is 0.401. The molecular formula is C15H24N2. The second-order valence-corrected chi connectivity index (χ2v) is 5.28. The van der Waals surface area contributed by atoms with Crippen LogP contribution in [0.15, 0.2) is 24.4 Å². The summed E-state index contributed by atoms with van der Waals surface area (Å²) in [6, 6.07) is 6.83. The van der Waals surface area contributed by atoms with E-state index in [9.17, 15) is 0 Å². The van der Waals surface area contributed by atoms with Gasteiger partial charge in [-0.2, -0.15) is 0 Å². The average Bonchev–Trinajstić information content (AvgIpc) is 3.18. The molecule has 1 fully saturated rings. The predicted molar refractivity (Wildman–Crippen MR) is 72.1 cm³/mol. The van der Waals surface area contributed by atoms with Crippen molar-refractivity contribution in [1.82, 2.24) is 10.3 Å². The lowest BCUT2D eigenvalue weighted by Crippen LogP contribution is -2.35. The van der Waals surface area contributed by atoms with Crippen LogP contribution in [0.5, 0.6) is 0 Å². The first-order chi connectivity index (χ1) is 8.31. The molecule has 1 saturated carbocycles. The summed E-state index contributed by atoms with van der Waals surface area (Å²) in [5, 5.41) is 3.70. The number of aromatic nitrogens is 1. The molecule has 0 saturated heterocycles. The standard InChI is InChI=1S/C15H24N2/c1-3-9-16-15(11-13-7-8-13)12(2)14-6-4-5-10-17-14/h4-6,10,12-13,15-16H,3,7-9,11H2,1-2H3. The van der Waals surface area contributed by atoms with Gasteiger partial charge in [0, 0.05) is 23.9 Å². The number of hydrogen-bond acceptors (Lipinski definition) is 2. The molecule has 2 atom stereocenters. The highest BCUT2D eigenvalue weighted by atomic mass is 14.9. The molecule has 2 nitrogen and oxygen atoms in total. The third-order valence-electron chi connectivity index (χ3n) is 3.70. The Kier molecular flexibility index (Phi) is 4.55. The number of rotatable bonds is 7. The van der Waals surface area contributed by atoms with E-state index in [1.54, 1.807) is 0 Å². The van der Waals surface area contributed by atoms with Crippen molar-refractivity contribution in [3.63, 3.8) is 0 Å². The van der Waals surface area contributed by atoms with Gasteiger partial charge in [-0.25, -0.2) is 0 Å². The van der Waals surface area contributed by atoms with Crippen molar-refractivity contribution in [2.45, 2.75) is 51.5 Å². The van der Waals surface area contributed by atoms with Gasteiger partial charge in [-0.05, 0) is 37.4 Å². The molecule has 1 aliphatic rings. The van der Waals surface area contributed by atoms with Crippen LogP contribution in [0.1, 0.15) is 51.1 Å². The first kappa shape index (κ1) is 12.6. The molecule has 0 spiro atoms. The molecule has 2 unspecified atom stereocenters. The molecule has 1 aromatic heterocycles. The normalized spacial score (nSPS) is 18.9. The van der Waals surface area contributed by atoms with Gasteiger partial charge in [0.15, 0.2) is 0 Å². The molecule has 1 N–H and O–H groups in total. The zero-order chi connectivity index (χ0) is 12.1. The summed E-state index contributed by atoms with van der Waals surface area (Å²) in [5.74, 6) is 1.49. The summed E-state index contributed by atoms with van der Waals surface area (Å²) in [7, 11) is 0. The predicted octanol–water partition coefficient (Wildman–Crippen LogP) is 3.35. The third kappa shape index (κ3) is 3.81. The smallest absolute Gasteiger partial charge is 0.0447 e. The molecule has 2 heteroatoms. The minimum absolute atomic E-state index is 0.517. The first-order valence-electron chi connectivity index (χ1n) is 6.95. The van der Waals surface area contributed by atoms with Crippen LogP contribution < -0.4 is 5.32 Å². The highest BCUT2D eigenvalue weighted by molar-refractivity contribution is 5.11. The van der Waals surface area contributed by atoms with Crippen LogP contribution in [-0.2, 0) is 0 Å². The van der Waals surface area contributed by atoms with Crippen molar-refractivity contribution in [3.05, 3.63) is 30.1 Å². The van der Waals surface area contributed by atoms with E-state index in [4.69, 9.17) is 0 Å². The van der Waals surface area contributed by atoms with Gasteiger partial charge in [0.1, 0.15) is 0 Å². The van der Waals surface area contributed by atoms with E-state index in [1.807, 2.05) is 12.3 Å². The summed E-state index contributed by atoms with van der Waals surface area (Å²) in [6.07, 6.45) is 7.28. The largest absolute Gasteiger partial charge is 0.313 e. The molecule has 1 aromatic rings. The minimum Gasteiger partial charge on any atom is -0.313 e. The van der Waals surface area contributed by atoms with E-state index in [0.717, 1.165) is 12.5 Å². The van der Waals surface area contributed by atoms with Gasteiger partial charge < -0.3 is 5.32 Å². The highest BCUT2D eigenvalue weighted by Crippen LogP contribution is 2.36. The summed E-state index contributed by atoms with van der Waals surface area (Å²) >= 11 is 0. The average molecular weight is 232 g/mol. The monoisotopic (exact) mass is 232 g/mol. The number of hydrogen-bond donors (Lipinski definition) is 1. The Morgan fingerprint density at radius 1 is 1.41 bits per heavy atom. The molecular weight excluding hydrogens is 208 g/mol. The van der Waals surface area contributed by atoms with Crippen molar-refractivity contribution < 1.29 is 0 Å². The molecule has 0 radical (unpaired) electrons. The van der Waals surface area contributed by atoms with E-state index in [1.165, 1.54) is 31.4 Å². The van der Waals surface area contributed by atoms with Crippen molar-refractivity contribution in [3.8, 4) is 0 Å². The van der Waals surface area contributed by atoms with Gasteiger partial charge in [-0.1, -0.05) is 32.8 Å². The van der Waals surface area contributed by atoms with Crippen LogP contribution in [0.25, 0.3) is 0 Å². The Hall–Kier alpha value is -0.890. The fraction of sp³-hybridized carbons (Fsp3) is 0.667. The van der Waals surface area contributed by atoms with E-state index >= 15 is 0 Å². The Balaban J connectivity index is 1.97. The fourth-order valence-corrected chi connectivity index (χ4v) is 2.36. The molecule has 2 rings (SSSR count). The van der Waals surface area contributed by atoms with Gasteiger partial charge in [0.2, 0.25) is 0 Å². The molecule has 17 heavy (non-hydrogen) atoms. The van der Waals surface area contributed by atoms with Gasteiger partial charge >= 0.3 is 0 Å². The Morgan fingerprint density at radius 3 is 2.82 bits per heavy atom. The second-order valence-electron chi connectivity index (χ2n) is 5.28. The second kappa shape index (κ2) is 6.15. The Morgan fingerprint density at radius 2 is 2.24 bits per heavy atom. The van der Waals surface area contributed by atoms with Crippen LogP contribution in [0.3, 0.4) is 0 Å². The van der Waals surface area contributed by atoms with Gasteiger partial charge in [0.25, 0.3) is 0 Å². The molecule has 0 amide bonds. The number of nitrogens with one attached hydrogen (secondary N) is 1. The lowest BCUT2D eigenvalue weighted by atomic mass is 9.93. The van der Waals surface area contributed by atoms with Crippen LogP contribution >= 0.6 is 0 Å². The van der Waals surface area contributed by atoms with Crippen LogP contribution in [-0.4, -0.2) is 17.6 Å². The molecule has 0 aliphatic heterocycles. The summed E-state index contributed by atoms with van der Waals surface area (Å²) in [5.41, 5.74) is 1.22. The zero-order valence-electron chi connectivity index (χ0n) is 11.0. The van der Waals surface area contributed by atoms with Crippen molar-refractivity contribution >= 4 is 0 Å². The summed E-state index contributed by atoms with van der Waals surface area (Å²) in [6.45, 7) is 5.65. The highest BCUT2D eigenvalue weighted by Gasteiger charge is 2.28. The summed E-state index contributed by atoms with van der Waals surface area (Å²) < 4.78 is 0. The molecule has 94 valence electrons. The zero-order valence-corrected chi connectivity index (χ0v) is 11.0. The maximum absolute atomic E-state index is 4.50. The maximum Gasteiger partial charge on any atom is 0.0447 e. The Labute approximate surface area is 105 Å². The molecule has 0 aromatic carbocycles. The van der Waals surface area contributed by atoms with Crippen molar-refractivity contribution in [1.29, 1.82) is 0 Å². The molecule has 1 heterocycles. The van der Waals surface area contributed by atoms with Crippen LogP contribution in [0.4, 0.5) is 0 Å². The molecule has 1 aliphatic carbocycles.